The third kappa shape index (κ3) is 4.23. The summed E-state index contributed by atoms with van der Waals surface area (Å²) < 4.78 is 1.79. The van der Waals surface area contributed by atoms with Gasteiger partial charge < -0.3 is 4.90 Å². The molecule has 29 heavy (non-hydrogen) atoms. The molecule has 1 aliphatic heterocycles. The molecule has 3 aromatic rings. The molecule has 2 N–H and O–H groups in total. The highest BCUT2D eigenvalue weighted by atomic mass is 16.2. The number of nitrogens with zero attached hydrogens (tertiary/aromatic N) is 3. The highest BCUT2D eigenvalue weighted by Crippen LogP contribution is 2.27. The summed E-state index contributed by atoms with van der Waals surface area (Å²) in [5.41, 5.74) is 8.61. The SMILES string of the molecule is Cc1ccc(-c2nn(-c3ccccc3)cc2C(=O)NN2CC[NH+](C)CC2)c(C)c1. The number of hydrogen-bond donors (Lipinski definition) is 2. The third-order valence-corrected chi connectivity index (χ3v) is 5.49. The van der Waals surface area contributed by atoms with E-state index in [1.165, 1.54) is 10.5 Å². The van der Waals surface area contributed by atoms with E-state index >= 15 is 0 Å². The van der Waals surface area contributed by atoms with E-state index in [0.29, 0.717) is 11.3 Å². The second-order valence-electron chi connectivity index (χ2n) is 7.87. The van der Waals surface area contributed by atoms with Crippen molar-refractivity contribution in [3.8, 4) is 16.9 Å². The molecule has 0 bridgehead atoms. The van der Waals surface area contributed by atoms with Crippen molar-refractivity contribution in [2.75, 3.05) is 33.2 Å². The largest absolute Gasteiger partial charge is 0.335 e. The summed E-state index contributed by atoms with van der Waals surface area (Å²) in [6, 6.07) is 16.1. The van der Waals surface area contributed by atoms with Crippen LogP contribution in [0.25, 0.3) is 16.9 Å². The first-order valence-electron chi connectivity index (χ1n) is 10.1. The molecule has 1 aromatic heterocycles. The Bertz CT molecular complexity index is 1000. The molecule has 6 heteroatoms. The Hall–Kier alpha value is -2.96. The van der Waals surface area contributed by atoms with Gasteiger partial charge in [-0.1, -0.05) is 42.0 Å². The number of quaternary nitrogens is 1. The highest BCUT2D eigenvalue weighted by Gasteiger charge is 2.24. The molecule has 0 radical (unpaired) electrons. The molecule has 0 aliphatic carbocycles. The minimum absolute atomic E-state index is 0.110. The van der Waals surface area contributed by atoms with Gasteiger partial charge in [-0.05, 0) is 31.5 Å². The number of para-hydroxylation sites is 1. The first kappa shape index (κ1) is 19.4. The molecule has 1 amide bonds. The zero-order valence-electron chi connectivity index (χ0n) is 17.3. The van der Waals surface area contributed by atoms with Crippen LogP contribution in [0.3, 0.4) is 0 Å². The van der Waals surface area contributed by atoms with Gasteiger partial charge in [0.2, 0.25) is 0 Å². The van der Waals surface area contributed by atoms with Crippen LogP contribution in [0.15, 0.2) is 54.7 Å². The maximum atomic E-state index is 13.2. The number of likely N-dealkylation sites (N-methyl/N-ethyl adjacent to an activating group) is 1. The van der Waals surface area contributed by atoms with Gasteiger partial charge in [0.05, 0.1) is 44.5 Å². The van der Waals surface area contributed by atoms with Gasteiger partial charge in [0, 0.05) is 11.8 Å². The van der Waals surface area contributed by atoms with Crippen LogP contribution in [-0.2, 0) is 0 Å². The van der Waals surface area contributed by atoms with E-state index in [4.69, 9.17) is 5.10 Å². The third-order valence-electron chi connectivity index (χ3n) is 5.49. The molecule has 2 aromatic carbocycles. The Morgan fingerprint density at radius 1 is 1.07 bits per heavy atom. The maximum Gasteiger partial charge on any atom is 0.269 e. The van der Waals surface area contributed by atoms with Crippen molar-refractivity contribution in [3.05, 3.63) is 71.4 Å². The number of hydrazine groups is 1. The fourth-order valence-corrected chi connectivity index (χ4v) is 3.74. The average molecular weight is 391 g/mol. The van der Waals surface area contributed by atoms with Crippen molar-refractivity contribution in [2.45, 2.75) is 13.8 Å². The number of carbonyl (C=O) groups is 1. The molecule has 0 atom stereocenters. The quantitative estimate of drug-likeness (QED) is 0.712. The minimum Gasteiger partial charge on any atom is -0.335 e. The van der Waals surface area contributed by atoms with Crippen LogP contribution >= 0.6 is 0 Å². The Balaban J connectivity index is 1.71. The van der Waals surface area contributed by atoms with Crippen LogP contribution in [-0.4, -0.2) is 53.9 Å². The van der Waals surface area contributed by atoms with Crippen molar-refractivity contribution in [2.24, 2.45) is 0 Å². The number of carbonyl (C=O) groups excluding carboxylic acids is 1. The van der Waals surface area contributed by atoms with Gasteiger partial charge in [-0.2, -0.15) is 5.10 Å². The minimum atomic E-state index is -0.110. The Labute approximate surface area is 171 Å². The molecule has 6 nitrogen and oxygen atoms in total. The molecule has 0 spiro atoms. The predicted molar refractivity (Wildman–Crippen MR) is 114 cm³/mol. The van der Waals surface area contributed by atoms with E-state index in [-0.39, 0.29) is 5.91 Å². The first-order valence-corrected chi connectivity index (χ1v) is 10.1. The van der Waals surface area contributed by atoms with E-state index in [9.17, 15) is 4.79 Å². The second kappa shape index (κ2) is 8.19. The zero-order valence-corrected chi connectivity index (χ0v) is 17.3. The topological polar surface area (TPSA) is 54.6 Å². The van der Waals surface area contributed by atoms with E-state index < -0.39 is 0 Å². The van der Waals surface area contributed by atoms with E-state index in [1.807, 2.05) is 41.5 Å². The molecule has 1 fully saturated rings. The van der Waals surface area contributed by atoms with Crippen LogP contribution in [0.1, 0.15) is 21.5 Å². The number of hydrogen-bond acceptors (Lipinski definition) is 3. The van der Waals surface area contributed by atoms with E-state index in [0.717, 1.165) is 43.0 Å². The first-order chi connectivity index (χ1) is 14.0. The Morgan fingerprint density at radius 2 is 1.79 bits per heavy atom. The summed E-state index contributed by atoms with van der Waals surface area (Å²) in [5, 5.41) is 6.82. The maximum absolute atomic E-state index is 13.2. The van der Waals surface area contributed by atoms with Gasteiger partial charge in [0.15, 0.2) is 0 Å². The van der Waals surface area contributed by atoms with Gasteiger partial charge in [0.25, 0.3) is 5.91 Å². The average Bonchev–Trinajstić information content (AvgIpc) is 3.16. The van der Waals surface area contributed by atoms with Crippen LogP contribution < -0.4 is 10.3 Å². The number of aromatic nitrogens is 2. The summed E-state index contributed by atoms with van der Waals surface area (Å²) in [7, 11) is 2.18. The van der Waals surface area contributed by atoms with Crippen LogP contribution in [0.5, 0.6) is 0 Å². The number of rotatable bonds is 4. The molecule has 4 rings (SSSR count). The van der Waals surface area contributed by atoms with Crippen molar-refractivity contribution < 1.29 is 9.69 Å². The number of piperazine rings is 1. The fraction of sp³-hybridized carbons (Fsp3) is 0.304. The normalized spacial score (nSPS) is 15.4. The lowest BCUT2D eigenvalue weighted by atomic mass is 10.0. The van der Waals surface area contributed by atoms with Crippen molar-refractivity contribution >= 4 is 5.91 Å². The smallest absolute Gasteiger partial charge is 0.269 e. The van der Waals surface area contributed by atoms with Crippen molar-refractivity contribution in [1.29, 1.82) is 0 Å². The zero-order chi connectivity index (χ0) is 20.4. The number of benzene rings is 2. The van der Waals surface area contributed by atoms with E-state index in [1.54, 1.807) is 4.68 Å². The van der Waals surface area contributed by atoms with Crippen LogP contribution in [0, 0.1) is 13.8 Å². The Kier molecular flexibility index (Phi) is 5.47. The van der Waals surface area contributed by atoms with E-state index in [2.05, 4.69) is 44.5 Å². The second-order valence-corrected chi connectivity index (χ2v) is 7.87. The Morgan fingerprint density at radius 3 is 2.48 bits per heavy atom. The molecule has 0 unspecified atom stereocenters. The van der Waals surface area contributed by atoms with Gasteiger partial charge in [-0.15, -0.1) is 0 Å². The summed E-state index contributed by atoms with van der Waals surface area (Å²) in [5.74, 6) is -0.110. The lowest BCUT2D eigenvalue weighted by Crippen LogP contribution is -3.12. The number of nitrogens with one attached hydrogen (secondary N) is 2. The monoisotopic (exact) mass is 390 g/mol. The lowest BCUT2D eigenvalue weighted by molar-refractivity contribution is -0.884. The molecular formula is C23H28N5O+. The van der Waals surface area contributed by atoms with Crippen LogP contribution in [0.4, 0.5) is 0 Å². The molecule has 150 valence electrons. The summed E-state index contributed by atoms with van der Waals surface area (Å²) >= 11 is 0. The lowest BCUT2D eigenvalue weighted by Gasteiger charge is -2.30. The van der Waals surface area contributed by atoms with Crippen molar-refractivity contribution in [3.63, 3.8) is 0 Å². The summed E-state index contributed by atoms with van der Waals surface area (Å²) in [6.45, 7) is 7.88. The van der Waals surface area contributed by atoms with Gasteiger partial charge in [0.1, 0.15) is 5.69 Å². The van der Waals surface area contributed by atoms with Gasteiger partial charge in [-0.3, -0.25) is 10.2 Å². The standard InChI is InChI=1S/C23H27N5O/c1-17-9-10-20(18(2)15-17)22-21(16-28(24-22)19-7-5-4-6-8-19)23(29)25-27-13-11-26(3)12-14-27/h4-10,15-16H,11-14H2,1-3H3,(H,25,29)/p+1. The summed E-state index contributed by atoms with van der Waals surface area (Å²) in [6.07, 6.45) is 1.83. The number of amides is 1. The molecule has 2 heterocycles. The molecular weight excluding hydrogens is 362 g/mol. The summed E-state index contributed by atoms with van der Waals surface area (Å²) in [4.78, 5) is 14.7. The van der Waals surface area contributed by atoms with Crippen molar-refractivity contribution in [1.82, 2.24) is 20.2 Å². The fourth-order valence-electron chi connectivity index (χ4n) is 3.74. The number of aryl methyl sites for hydroxylation is 2. The molecule has 0 saturated carbocycles. The van der Waals surface area contributed by atoms with Crippen LogP contribution in [0.2, 0.25) is 0 Å². The highest BCUT2D eigenvalue weighted by molar-refractivity contribution is 6.00. The molecule has 1 saturated heterocycles. The predicted octanol–water partition coefficient (Wildman–Crippen LogP) is 1.63. The van der Waals surface area contributed by atoms with Gasteiger partial charge >= 0.3 is 0 Å². The molecule has 1 aliphatic rings. The van der Waals surface area contributed by atoms with Gasteiger partial charge in [-0.25, -0.2) is 9.69 Å².